The van der Waals surface area contributed by atoms with Gasteiger partial charge < -0.3 is 10.6 Å². The lowest BCUT2D eigenvalue weighted by atomic mass is 10.1. The summed E-state index contributed by atoms with van der Waals surface area (Å²) in [7, 11) is 0. The van der Waals surface area contributed by atoms with E-state index in [0.29, 0.717) is 11.7 Å². The van der Waals surface area contributed by atoms with E-state index in [1.807, 2.05) is 0 Å². The number of anilines is 2. The van der Waals surface area contributed by atoms with Crippen LogP contribution in [0.2, 0.25) is 0 Å². The monoisotopic (exact) mass is 238 g/mol. The van der Waals surface area contributed by atoms with E-state index in [-0.39, 0.29) is 5.82 Å². The SMILES string of the molecule is CCCCN(c1ccc(F)cc1N)C(C)CC. The zero-order valence-electron chi connectivity index (χ0n) is 11.0. The molecule has 0 amide bonds. The van der Waals surface area contributed by atoms with Gasteiger partial charge in [-0.3, -0.25) is 0 Å². The van der Waals surface area contributed by atoms with E-state index in [1.54, 1.807) is 6.07 Å². The van der Waals surface area contributed by atoms with Gasteiger partial charge in [0.05, 0.1) is 11.4 Å². The highest BCUT2D eigenvalue weighted by atomic mass is 19.1. The van der Waals surface area contributed by atoms with Crippen LogP contribution in [0.1, 0.15) is 40.0 Å². The molecule has 1 aromatic carbocycles. The number of nitrogens with zero attached hydrogens (tertiary/aromatic N) is 1. The predicted molar refractivity (Wildman–Crippen MR) is 72.8 cm³/mol. The fourth-order valence-corrected chi connectivity index (χ4v) is 1.91. The smallest absolute Gasteiger partial charge is 0.125 e. The molecule has 0 aliphatic carbocycles. The number of nitrogen functional groups attached to an aromatic ring is 1. The molecule has 1 aromatic rings. The predicted octanol–water partition coefficient (Wildman–Crippen LogP) is 3.81. The largest absolute Gasteiger partial charge is 0.397 e. The highest BCUT2D eigenvalue weighted by molar-refractivity contribution is 5.67. The van der Waals surface area contributed by atoms with Crippen molar-refractivity contribution in [1.29, 1.82) is 0 Å². The van der Waals surface area contributed by atoms with Crippen molar-refractivity contribution in [2.45, 2.75) is 46.1 Å². The van der Waals surface area contributed by atoms with Gasteiger partial charge in [0.1, 0.15) is 5.82 Å². The number of hydrogen-bond acceptors (Lipinski definition) is 2. The van der Waals surface area contributed by atoms with Gasteiger partial charge in [-0.15, -0.1) is 0 Å². The first-order valence-corrected chi connectivity index (χ1v) is 6.41. The maximum absolute atomic E-state index is 13.0. The number of halogens is 1. The first-order chi connectivity index (χ1) is 8.10. The first-order valence-electron chi connectivity index (χ1n) is 6.41. The average Bonchev–Trinajstić information content (AvgIpc) is 2.31. The highest BCUT2D eigenvalue weighted by Crippen LogP contribution is 2.26. The summed E-state index contributed by atoms with van der Waals surface area (Å²) in [6.07, 6.45) is 3.33. The molecule has 1 atom stereocenters. The maximum atomic E-state index is 13.0. The summed E-state index contributed by atoms with van der Waals surface area (Å²) in [5.41, 5.74) is 7.39. The molecular weight excluding hydrogens is 215 g/mol. The molecule has 0 saturated carbocycles. The molecule has 0 radical (unpaired) electrons. The van der Waals surface area contributed by atoms with Crippen LogP contribution in [0.3, 0.4) is 0 Å². The van der Waals surface area contributed by atoms with Gasteiger partial charge in [-0.05, 0) is 38.0 Å². The minimum atomic E-state index is -0.272. The van der Waals surface area contributed by atoms with E-state index in [1.165, 1.54) is 12.1 Å². The highest BCUT2D eigenvalue weighted by Gasteiger charge is 2.15. The molecule has 0 aromatic heterocycles. The molecule has 1 unspecified atom stereocenters. The molecule has 1 rings (SSSR count). The molecule has 96 valence electrons. The van der Waals surface area contributed by atoms with Crippen LogP contribution in [0.5, 0.6) is 0 Å². The summed E-state index contributed by atoms with van der Waals surface area (Å²) < 4.78 is 13.0. The van der Waals surface area contributed by atoms with Crippen molar-refractivity contribution in [1.82, 2.24) is 0 Å². The molecule has 2 nitrogen and oxygen atoms in total. The Morgan fingerprint density at radius 3 is 2.59 bits per heavy atom. The van der Waals surface area contributed by atoms with Crippen LogP contribution in [0.4, 0.5) is 15.8 Å². The number of benzene rings is 1. The van der Waals surface area contributed by atoms with Gasteiger partial charge in [-0.1, -0.05) is 20.3 Å². The molecule has 0 bridgehead atoms. The van der Waals surface area contributed by atoms with Gasteiger partial charge in [0, 0.05) is 12.6 Å². The standard InChI is InChI=1S/C14H23FN2/c1-4-6-9-17(11(3)5-2)14-8-7-12(15)10-13(14)16/h7-8,10-11H,4-6,9,16H2,1-3H3. The molecule has 0 spiro atoms. The van der Waals surface area contributed by atoms with Crippen LogP contribution in [0.15, 0.2) is 18.2 Å². The van der Waals surface area contributed by atoms with E-state index in [4.69, 9.17) is 5.73 Å². The van der Waals surface area contributed by atoms with Crippen LogP contribution < -0.4 is 10.6 Å². The zero-order valence-corrected chi connectivity index (χ0v) is 11.0. The van der Waals surface area contributed by atoms with Gasteiger partial charge in [-0.25, -0.2) is 4.39 Å². The Kier molecular flexibility index (Phi) is 5.26. The fraction of sp³-hybridized carbons (Fsp3) is 0.571. The normalized spacial score (nSPS) is 12.5. The summed E-state index contributed by atoms with van der Waals surface area (Å²) >= 11 is 0. The lowest BCUT2D eigenvalue weighted by Crippen LogP contribution is -2.34. The van der Waals surface area contributed by atoms with Crippen molar-refractivity contribution in [2.24, 2.45) is 0 Å². The third-order valence-electron chi connectivity index (χ3n) is 3.17. The van der Waals surface area contributed by atoms with Gasteiger partial charge >= 0.3 is 0 Å². The Bertz CT molecular complexity index is 352. The quantitative estimate of drug-likeness (QED) is 0.763. The topological polar surface area (TPSA) is 29.3 Å². The molecule has 0 aliphatic rings. The summed E-state index contributed by atoms with van der Waals surface area (Å²) in [5.74, 6) is -0.272. The van der Waals surface area contributed by atoms with Crippen LogP contribution in [-0.4, -0.2) is 12.6 Å². The Morgan fingerprint density at radius 1 is 1.35 bits per heavy atom. The number of hydrogen-bond donors (Lipinski definition) is 1. The van der Waals surface area contributed by atoms with Gasteiger partial charge in [0.25, 0.3) is 0 Å². The summed E-state index contributed by atoms with van der Waals surface area (Å²) in [5, 5.41) is 0. The van der Waals surface area contributed by atoms with Crippen molar-refractivity contribution in [2.75, 3.05) is 17.2 Å². The van der Waals surface area contributed by atoms with Crippen LogP contribution in [0.25, 0.3) is 0 Å². The molecular formula is C14H23FN2. The lowest BCUT2D eigenvalue weighted by Gasteiger charge is -2.31. The molecule has 3 heteroatoms. The van der Waals surface area contributed by atoms with Gasteiger partial charge in [-0.2, -0.15) is 0 Å². The van der Waals surface area contributed by atoms with E-state index in [0.717, 1.165) is 31.5 Å². The zero-order chi connectivity index (χ0) is 12.8. The summed E-state index contributed by atoms with van der Waals surface area (Å²) in [6, 6.07) is 5.09. The Hall–Kier alpha value is -1.25. The van der Waals surface area contributed by atoms with Crippen molar-refractivity contribution >= 4 is 11.4 Å². The van der Waals surface area contributed by atoms with Crippen LogP contribution in [0, 0.1) is 5.82 Å². The third-order valence-corrected chi connectivity index (χ3v) is 3.17. The van der Waals surface area contributed by atoms with Gasteiger partial charge in [0.15, 0.2) is 0 Å². The maximum Gasteiger partial charge on any atom is 0.125 e. The van der Waals surface area contributed by atoms with Crippen LogP contribution in [-0.2, 0) is 0 Å². The minimum Gasteiger partial charge on any atom is -0.397 e. The second-order valence-electron chi connectivity index (χ2n) is 4.51. The molecule has 0 heterocycles. The van der Waals surface area contributed by atoms with E-state index in [2.05, 4.69) is 25.7 Å². The van der Waals surface area contributed by atoms with Crippen LogP contribution >= 0.6 is 0 Å². The van der Waals surface area contributed by atoms with E-state index >= 15 is 0 Å². The summed E-state index contributed by atoms with van der Waals surface area (Å²) in [6.45, 7) is 7.48. The first kappa shape index (κ1) is 13.8. The Morgan fingerprint density at radius 2 is 2.06 bits per heavy atom. The molecule has 0 fully saturated rings. The third kappa shape index (κ3) is 3.62. The van der Waals surface area contributed by atoms with E-state index in [9.17, 15) is 4.39 Å². The van der Waals surface area contributed by atoms with Crippen molar-refractivity contribution < 1.29 is 4.39 Å². The number of rotatable bonds is 6. The molecule has 0 saturated heterocycles. The number of nitrogens with two attached hydrogens (primary N) is 1. The Balaban J connectivity index is 2.95. The van der Waals surface area contributed by atoms with Crippen molar-refractivity contribution in [3.05, 3.63) is 24.0 Å². The molecule has 0 aliphatic heterocycles. The van der Waals surface area contributed by atoms with Crippen molar-refractivity contribution in [3.63, 3.8) is 0 Å². The molecule has 2 N–H and O–H groups in total. The summed E-state index contributed by atoms with van der Waals surface area (Å²) in [4.78, 5) is 2.28. The fourth-order valence-electron chi connectivity index (χ4n) is 1.91. The number of unbranched alkanes of at least 4 members (excludes halogenated alkanes) is 1. The minimum absolute atomic E-state index is 0.272. The second kappa shape index (κ2) is 6.48. The average molecular weight is 238 g/mol. The lowest BCUT2D eigenvalue weighted by molar-refractivity contribution is 0.594. The Labute approximate surface area is 104 Å². The second-order valence-corrected chi connectivity index (χ2v) is 4.51. The molecule has 17 heavy (non-hydrogen) atoms. The van der Waals surface area contributed by atoms with Crippen molar-refractivity contribution in [3.8, 4) is 0 Å². The van der Waals surface area contributed by atoms with E-state index < -0.39 is 0 Å². The van der Waals surface area contributed by atoms with Gasteiger partial charge in [0.2, 0.25) is 0 Å².